The highest BCUT2D eigenvalue weighted by Crippen LogP contribution is 2.41. The van der Waals surface area contributed by atoms with Gasteiger partial charge in [-0.3, -0.25) is 0 Å². The van der Waals surface area contributed by atoms with E-state index in [0.29, 0.717) is 17.4 Å². The molecule has 1 aliphatic carbocycles. The van der Waals surface area contributed by atoms with E-state index < -0.39 is 11.9 Å². The highest BCUT2D eigenvalue weighted by atomic mass is 16.5. The van der Waals surface area contributed by atoms with E-state index in [9.17, 15) is 9.59 Å². The van der Waals surface area contributed by atoms with Gasteiger partial charge in [0.05, 0.1) is 0 Å². The van der Waals surface area contributed by atoms with Gasteiger partial charge in [0.1, 0.15) is 11.5 Å². The Bertz CT molecular complexity index is 963. The third kappa shape index (κ3) is 5.32. The predicted octanol–water partition coefficient (Wildman–Crippen LogP) is 6.24. The summed E-state index contributed by atoms with van der Waals surface area (Å²) in [5.74, 6) is 0.586. The lowest BCUT2D eigenvalue weighted by Crippen LogP contribution is -2.20. The summed E-state index contributed by atoms with van der Waals surface area (Å²) in [6, 6.07) is 13.6. The molecule has 162 valence electrons. The van der Waals surface area contributed by atoms with E-state index >= 15 is 0 Å². The smallest absolute Gasteiger partial charge is 0.335 e. The molecular weight excluding hydrogens is 388 g/mol. The van der Waals surface area contributed by atoms with Gasteiger partial charge in [-0.2, -0.15) is 0 Å². The molecule has 1 fully saturated rings. The van der Waals surface area contributed by atoms with Crippen molar-refractivity contribution in [1.82, 2.24) is 0 Å². The van der Waals surface area contributed by atoms with Gasteiger partial charge in [-0.05, 0) is 53.6 Å². The van der Waals surface area contributed by atoms with E-state index in [1.54, 1.807) is 12.1 Å². The van der Waals surface area contributed by atoms with Crippen LogP contribution in [0.2, 0.25) is 0 Å². The number of esters is 2. The van der Waals surface area contributed by atoms with Gasteiger partial charge < -0.3 is 9.47 Å². The van der Waals surface area contributed by atoms with Crippen molar-refractivity contribution in [2.75, 3.05) is 0 Å². The molecule has 2 aromatic rings. The number of hydrogen-bond donors (Lipinski definition) is 0. The first-order chi connectivity index (χ1) is 14.8. The Hall–Kier alpha value is -3.14. The molecule has 0 N–H and O–H groups in total. The van der Waals surface area contributed by atoms with Crippen molar-refractivity contribution in [2.24, 2.45) is 0 Å². The zero-order valence-corrected chi connectivity index (χ0v) is 18.4. The second kappa shape index (κ2) is 9.78. The summed E-state index contributed by atoms with van der Waals surface area (Å²) in [6.45, 7) is 11.3. The Morgan fingerprint density at radius 2 is 1.45 bits per heavy atom. The van der Waals surface area contributed by atoms with Gasteiger partial charge in [0.25, 0.3) is 0 Å². The molecule has 0 bridgehead atoms. The highest BCUT2D eigenvalue weighted by molar-refractivity contribution is 5.84. The predicted molar refractivity (Wildman–Crippen MR) is 123 cm³/mol. The van der Waals surface area contributed by atoms with Crippen LogP contribution in [0.25, 0.3) is 0 Å². The van der Waals surface area contributed by atoms with Crippen molar-refractivity contribution in [1.29, 1.82) is 0 Å². The third-order valence-electron chi connectivity index (χ3n) is 6.11. The van der Waals surface area contributed by atoms with Crippen LogP contribution < -0.4 is 9.47 Å². The highest BCUT2D eigenvalue weighted by Gasteiger charge is 2.27. The summed E-state index contributed by atoms with van der Waals surface area (Å²) in [5, 5.41) is 0. The summed E-state index contributed by atoms with van der Waals surface area (Å²) in [6.07, 6.45) is 8.19. The molecule has 0 saturated heterocycles. The normalized spacial score (nSPS) is 14.5. The monoisotopic (exact) mass is 418 g/mol. The van der Waals surface area contributed by atoms with Gasteiger partial charge in [-0.25, -0.2) is 9.59 Å². The van der Waals surface area contributed by atoms with Crippen LogP contribution in [0.4, 0.5) is 0 Å². The van der Waals surface area contributed by atoms with Crippen LogP contribution in [0, 0.1) is 0 Å². The SMILES string of the molecule is C=CC(=O)Oc1ccc(C(C)(C)c2ccc(OC(=O)C=C)c(C3CCCCC3)c2)cc1. The van der Waals surface area contributed by atoms with Gasteiger partial charge in [0.15, 0.2) is 0 Å². The first-order valence-corrected chi connectivity index (χ1v) is 10.8. The van der Waals surface area contributed by atoms with Crippen molar-refractivity contribution < 1.29 is 19.1 Å². The van der Waals surface area contributed by atoms with Crippen LogP contribution >= 0.6 is 0 Å². The molecule has 31 heavy (non-hydrogen) atoms. The molecule has 0 unspecified atom stereocenters. The maximum absolute atomic E-state index is 11.9. The molecule has 2 aromatic carbocycles. The zero-order valence-electron chi connectivity index (χ0n) is 18.4. The second-order valence-corrected chi connectivity index (χ2v) is 8.49. The minimum Gasteiger partial charge on any atom is -0.423 e. The average Bonchev–Trinajstić information content (AvgIpc) is 2.80. The van der Waals surface area contributed by atoms with E-state index in [-0.39, 0.29) is 5.41 Å². The lowest BCUT2D eigenvalue weighted by Gasteiger charge is -2.30. The Balaban J connectivity index is 1.94. The molecule has 0 heterocycles. The minimum atomic E-state index is -0.478. The maximum atomic E-state index is 11.9. The summed E-state index contributed by atoms with van der Waals surface area (Å²) in [5.41, 5.74) is 3.04. The van der Waals surface area contributed by atoms with Gasteiger partial charge in [0, 0.05) is 17.6 Å². The third-order valence-corrected chi connectivity index (χ3v) is 6.11. The summed E-state index contributed by atoms with van der Waals surface area (Å²) in [4.78, 5) is 23.3. The van der Waals surface area contributed by atoms with Crippen molar-refractivity contribution in [3.05, 3.63) is 84.5 Å². The van der Waals surface area contributed by atoms with Crippen molar-refractivity contribution in [3.63, 3.8) is 0 Å². The number of rotatable bonds is 7. The number of hydrogen-bond acceptors (Lipinski definition) is 4. The topological polar surface area (TPSA) is 52.6 Å². The van der Waals surface area contributed by atoms with Crippen LogP contribution in [0.1, 0.15) is 68.6 Å². The number of carbonyl (C=O) groups excluding carboxylic acids is 2. The fourth-order valence-electron chi connectivity index (χ4n) is 4.18. The summed E-state index contributed by atoms with van der Waals surface area (Å²) in [7, 11) is 0. The van der Waals surface area contributed by atoms with Gasteiger partial charge in [0.2, 0.25) is 0 Å². The zero-order chi connectivity index (χ0) is 22.4. The lowest BCUT2D eigenvalue weighted by atomic mass is 9.75. The van der Waals surface area contributed by atoms with Crippen LogP contribution in [0.15, 0.2) is 67.8 Å². The summed E-state index contributed by atoms with van der Waals surface area (Å²) >= 11 is 0. The van der Waals surface area contributed by atoms with Crippen LogP contribution in [-0.2, 0) is 15.0 Å². The van der Waals surface area contributed by atoms with Crippen molar-refractivity contribution in [2.45, 2.75) is 57.3 Å². The molecule has 0 atom stereocenters. The quantitative estimate of drug-likeness (QED) is 0.303. The average molecular weight is 419 g/mol. The van der Waals surface area contributed by atoms with Gasteiger partial charge in [-0.15, -0.1) is 0 Å². The van der Waals surface area contributed by atoms with Crippen LogP contribution in [0.3, 0.4) is 0 Å². The fraction of sp³-hybridized carbons (Fsp3) is 0.333. The molecule has 1 saturated carbocycles. The standard InChI is InChI=1S/C27H30O4/c1-5-25(28)30-22-15-12-20(13-16-22)27(3,4)21-14-17-24(31-26(29)6-2)23(18-21)19-10-8-7-9-11-19/h5-6,12-19H,1-2,7-11H2,3-4H3. The van der Waals surface area contributed by atoms with E-state index in [4.69, 9.17) is 9.47 Å². The largest absolute Gasteiger partial charge is 0.423 e. The Labute approximate surface area is 184 Å². The lowest BCUT2D eigenvalue weighted by molar-refractivity contribution is -0.129. The molecule has 3 rings (SSSR count). The van der Waals surface area contributed by atoms with E-state index in [1.165, 1.54) is 25.3 Å². The number of benzene rings is 2. The van der Waals surface area contributed by atoms with Crippen LogP contribution in [0.5, 0.6) is 11.5 Å². The molecule has 0 amide bonds. The van der Waals surface area contributed by atoms with E-state index in [2.05, 4.69) is 33.1 Å². The number of ether oxygens (including phenoxy) is 2. The van der Waals surface area contributed by atoms with E-state index in [1.807, 2.05) is 24.3 Å². The molecule has 4 heteroatoms. The second-order valence-electron chi connectivity index (χ2n) is 8.49. The number of carbonyl (C=O) groups is 2. The molecule has 1 aliphatic rings. The molecule has 0 spiro atoms. The van der Waals surface area contributed by atoms with Gasteiger partial charge >= 0.3 is 11.9 Å². The van der Waals surface area contributed by atoms with Crippen molar-refractivity contribution in [3.8, 4) is 11.5 Å². The van der Waals surface area contributed by atoms with E-state index in [0.717, 1.165) is 35.6 Å². The molecule has 0 aliphatic heterocycles. The van der Waals surface area contributed by atoms with Gasteiger partial charge in [-0.1, -0.05) is 70.5 Å². The van der Waals surface area contributed by atoms with Crippen molar-refractivity contribution >= 4 is 11.9 Å². The molecule has 0 radical (unpaired) electrons. The molecule has 4 nitrogen and oxygen atoms in total. The van der Waals surface area contributed by atoms with Crippen LogP contribution in [-0.4, -0.2) is 11.9 Å². The summed E-state index contributed by atoms with van der Waals surface area (Å²) < 4.78 is 10.8. The first-order valence-electron chi connectivity index (χ1n) is 10.8. The maximum Gasteiger partial charge on any atom is 0.335 e. The minimum absolute atomic E-state index is 0.286. The molecule has 0 aromatic heterocycles. The fourth-order valence-corrected chi connectivity index (χ4v) is 4.18. The Morgan fingerprint density at radius 1 is 0.871 bits per heavy atom. The first kappa shape index (κ1) is 22.5. The Kier molecular flexibility index (Phi) is 7.11. The Morgan fingerprint density at radius 3 is 2.06 bits per heavy atom. The molecular formula is C27H30O4.